The fourth-order valence-corrected chi connectivity index (χ4v) is 2.97. The lowest BCUT2D eigenvalue weighted by molar-refractivity contribution is 0.0949. The standard InChI is InChI=1S/C21H18FN5O/c22-15-5-7-16(8-6-15)27-20-11-19(25-13-26-20)21(28)23-10-9-14-12-24-18-4-2-1-3-17(14)18/h1-8,11-13,24H,9-10H2,(H,23,28)(H,25,26,27). The molecule has 0 spiro atoms. The number of rotatable bonds is 6. The van der Waals surface area contributed by atoms with Gasteiger partial charge >= 0.3 is 0 Å². The number of aromatic nitrogens is 3. The van der Waals surface area contributed by atoms with Crippen molar-refractivity contribution in [3.05, 3.63) is 84.2 Å². The molecule has 4 aromatic rings. The van der Waals surface area contributed by atoms with Gasteiger partial charge in [0.1, 0.15) is 23.7 Å². The number of hydrogen-bond acceptors (Lipinski definition) is 4. The van der Waals surface area contributed by atoms with E-state index >= 15 is 0 Å². The number of carbonyl (C=O) groups excluding carboxylic acids is 1. The summed E-state index contributed by atoms with van der Waals surface area (Å²) >= 11 is 0. The number of fused-ring (bicyclic) bond motifs is 1. The van der Waals surface area contributed by atoms with Gasteiger partial charge in [-0.05, 0) is 42.3 Å². The monoisotopic (exact) mass is 375 g/mol. The third-order valence-electron chi connectivity index (χ3n) is 4.37. The minimum Gasteiger partial charge on any atom is -0.361 e. The molecule has 7 heteroatoms. The van der Waals surface area contributed by atoms with E-state index in [9.17, 15) is 9.18 Å². The molecule has 0 saturated heterocycles. The highest BCUT2D eigenvalue weighted by Crippen LogP contribution is 2.18. The summed E-state index contributed by atoms with van der Waals surface area (Å²) in [4.78, 5) is 23.8. The molecule has 0 bridgehead atoms. The largest absolute Gasteiger partial charge is 0.361 e. The maximum Gasteiger partial charge on any atom is 0.270 e. The molecule has 28 heavy (non-hydrogen) atoms. The van der Waals surface area contributed by atoms with Gasteiger partial charge in [-0.15, -0.1) is 0 Å². The topological polar surface area (TPSA) is 82.7 Å². The normalized spacial score (nSPS) is 10.8. The van der Waals surface area contributed by atoms with Gasteiger partial charge in [0.05, 0.1) is 0 Å². The van der Waals surface area contributed by atoms with E-state index in [1.54, 1.807) is 18.2 Å². The molecule has 2 aromatic carbocycles. The van der Waals surface area contributed by atoms with Crippen LogP contribution in [0.3, 0.4) is 0 Å². The molecule has 0 aliphatic carbocycles. The SMILES string of the molecule is O=C(NCCc1c[nH]c2ccccc12)c1cc(Nc2ccc(F)cc2)ncn1. The molecule has 0 aliphatic rings. The molecule has 1 amide bonds. The van der Waals surface area contributed by atoms with Crippen molar-refractivity contribution in [1.29, 1.82) is 0 Å². The number of aromatic amines is 1. The maximum atomic E-state index is 13.0. The van der Waals surface area contributed by atoms with E-state index in [0.717, 1.165) is 16.5 Å². The number of nitrogens with zero attached hydrogens (tertiary/aromatic N) is 2. The van der Waals surface area contributed by atoms with Crippen molar-refractivity contribution in [3.8, 4) is 0 Å². The highest BCUT2D eigenvalue weighted by molar-refractivity contribution is 5.93. The van der Waals surface area contributed by atoms with Crippen molar-refractivity contribution in [2.45, 2.75) is 6.42 Å². The molecule has 2 aromatic heterocycles. The summed E-state index contributed by atoms with van der Waals surface area (Å²) in [7, 11) is 0. The summed E-state index contributed by atoms with van der Waals surface area (Å²) in [6.07, 6.45) is 3.99. The van der Waals surface area contributed by atoms with E-state index in [1.165, 1.54) is 18.5 Å². The smallest absolute Gasteiger partial charge is 0.270 e. The first-order valence-corrected chi connectivity index (χ1v) is 8.87. The van der Waals surface area contributed by atoms with Crippen LogP contribution in [-0.4, -0.2) is 27.4 Å². The predicted octanol–water partition coefficient (Wildman–Crippen LogP) is 3.81. The molecule has 0 aliphatic heterocycles. The van der Waals surface area contributed by atoms with Gasteiger partial charge in [-0.3, -0.25) is 4.79 Å². The molecule has 0 saturated carbocycles. The Bertz CT molecular complexity index is 1110. The number of carbonyl (C=O) groups is 1. The summed E-state index contributed by atoms with van der Waals surface area (Å²) < 4.78 is 13.0. The quantitative estimate of drug-likeness (QED) is 0.479. The van der Waals surface area contributed by atoms with Gasteiger partial charge in [0.25, 0.3) is 5.91 Å². The van der Waals surface area contributed by atoms with E-state index in [2.05, 4.69) is 31.7 Å². The number of anilines is 2. The number of nitrogens with one attached hydrogen (secondary N) is 3. The Morgan fingerprint density at radius 2 is 1.89 bits per heavy atom. The Morgan fingerprint density at radius 1 is 1.07 bits per heavy atom. The van der Waals surface area contributed by atoms with Crippen LogP contribution in [0.15, 0.2) is 67.1 Å². The number of benzene rings is 2. The van der Waals surface area contributed by atoms with Crippen LogP contribution in [0.2, 0.25) is 0 Å². The van der Waals surface area contributed by atoms with Gasteiger partial charge in [-0.1, -0.05) is 18.2 Å². The van der Waals surface area contributed by atoms with Crippen LogP contribution in [0.5, 0.6) is 0 Å². The average Bonchev–Trinajstić information content (AvgIpc) is 3.13. The van der Waals surface area contributed by atoms with Gasteiger partial charge < -0.3 is 15.6 Å². The molecule has 3 N–H and O–H groups in total. The number of para-hydroxylation sites is 1. The summed E-state index contributed by atoms with van der Waals surface area (Å²) in [5, 5.41) is 7.06. The van der Waals surface area contributed by atoms with Crippen LogP contribution >= 0.6 is 0 Å². The first-order chi connectivity index (χ1) is 13.7. The Morgan fingerprint density at radius 3 is 2.75 bits per heavy atom. The van der Waals surface area contributed by atoms with E-state index in [0.29, 0.717) is 24.5 Å². The van der Waals surface area contributed by atoms with Gasteiger partial charge in [0, 0.05) is 35.4 Å². The average molecular weight is 375 g/mol. The fourth-order valence-electron chi connectivity index (χ4n) is 2.97. The molecule has 140 valence electrons. The van der Waals surface area contributed by atoms with Crippen LogP contribution < -0.4 is 10.6 Å². The Labute approximate surface area is 160 Å². The number of hydrogen-bond donors (Lipinski definition) is 3. The first-order valence-electron chi connectivity index (χ1n) is 8.87. The molecule has 2 heterocycles. The number of halogens is 1. The second-order valence-corrected chi connectivity index (χ2v) is 6.29. The van der Waals surface area contributed by atoms with E-state index in [4.69, 9.17) is 0 Å². The van der Waals surface area contributed by atoms with Gasteiger partial charge in [0.2, 0.25) is 0 Å². The second kappa shape index (κ2) is 7.87. The van der Waals surface area contributed by atoms with Crippen LogP contribution in [-0.2, 0) is 6.42 Å². The molecule has 6 nitrogen and oxygen atoms in total. The summed E-state index contributed by atoms with van der Waals surface area (Å²) in [5.74, 6) is -0.128. The van der Waals surface area contributed by atoms with Crippen LogP contribution in [0.1, 0.15) is 16.1 Å². The van der Waals surface area contributed by atoms with Gasteiger partial charge in [0.15, 0.2) is 0 Å². The number of amides is 1. The third kappa shape index (κ3) is 3.98. The van der Waals surface area contributed by atoms with E-state index < -0.39 is 0 Å². The van der Waals surface area contributed by atoms with Gasteiger partial charge in [-0.25, -0.2) is 14.4 Å². The number of H-pyrrole nitrogens is 1. The van der Waals surface area contributed by atoms with E-state index in [-0.39, 0.29) is 17.4 Å². The predicted molar refractivity (Wildman–Crippen MR) is 106 cm³/mol. The molecule has 0 unspecified atom stereocenters. The van der Waals surface area contributed by atoms with Crippen molar-refractivity contribution in [1.82, 2.24) is 20.3 Å². The molecule has 4 rings (SSSR count). The molecule has 0 radical (unpaired) electrons. The first kappa shape index (κ1) is 17.7. The minimum atomic E-state index is -0.316. The minimum absolute atomic E-state index is 0.263. The lowest BCUT2D eigenvalue weighted by Crippen LogP contribution is -2.26. The van der Waals surface area contributed by atoms with Crippen LogP contribution in [0.4, 0.5) is 15.9 Å². The highest BCUT2D eigenvalue weighted by Gasteiger charge is 2.09. The molecule has 0 atom stereocenters. The molecule has 0 fully saturated rings. The zero-order valence-electron chi connectivity index (χ0n) is 14.9. The zero-order valence-corrected chi connectivity index (χ0v) is 14.9. The Balaban J connectivity index is 1.37. The molecular weight excluding hydrogens is 357 g/mol. The van der Waals surface area contributed by atoms with Crippen molar-refractivity contribution in [2.75, 3.05) is 11.9 Å². The fraction of sp³-hybridized carbons (Fsp3) is 0.0952. The van der Waals surface area contributed by atoms with E-state index in [1.807, 2.05) is 24.4 Å². The van der Waals surface area contributed by atoms with Gasteiger partial charge in [-0.2, -0.15) is 0 Å². The zero-order chi connectivity index (χ0) is 19.3. The lowest BCUT2D eigenvalue weighted by Gasteiger charge is -2.08. The van der Waals surface area contributed by atoms with Crippen molar-refractivity contribution >= 4 is 28.3 Å². The molecular formula is C21H18FN5O. The lowest BCUT2D eigenvalue weighted by atomic mass is 10.1. The van der Waals surface area contributed by atoms with Crippen molar-refractivity contribution in [3.63, 3.8) is 0 Å². The highest BCUT2D eigenvalue weighted by atomic mass is 19.1. The third-order valence-corrected chi connectivity index (χ3v) is 4.37. The Kier molecular flexibility index (Phi) is 4.97. The summed E-state index contributed by atoms with van der Waals surface area (Å²) in [6, 6.07) is 15.5. The van der Waals surface area contributed by atoms with Crippen LogP contribution in [0.25, 0.3) is 10.9 Å². The van der Waals surface area contributed by atoms with Crippen molar-refractivity contribution in [2.24, 2.45) is 0 Å². The Hall–Kier alpha value is -3.74. The second-order valence-electron chi connectivity index (χ2n) is 6.29. The van der Waals surface area contributed by atoms with Crippen molar-refractivity contribution < 1.29 is 9.18 Å². The maximum absolute atomic E-state index is 13.0. The van der Waals surface area contributed by atoms with Crippen LogP contribution in [0, 0.1) is 5.82 Å². The summed E-state index contributed by atoms with van der Waals surface area (Å²) in [6.45, 7) is 0.491. The summed E-state index contributed by atoms with van der Waals surface area (Å²) in [5.41, 5.74) is 3.16.